The highest BCUT2D eigenvalue weighted by Crippen LogP contribution is 2.55. The Kier molecular flexibility index (Phi) is 2.60. The summed E-state index contributed by atoms with van der Waals surface area (Å²) >= 11 is 0. The molecule has 0 aromatic rings. The number of rotatable bonds is 1. The van der Waals surface area contributed by atoms with Gasteiger partial charge in [-0.1, -0.05) is 44.6 Å². The highest BCUT2D eigenvalue weighted by atomic mass is 16.1. The molecule has 2 rings (SSSR count). The third-order valence-corrected chi connectivity index (χ3v) is 4.45. The fourth-order valence-corrected chi connectivity index (χ4v) is 3.03. The summed E-state index contributed by atoms with van der Waals surface area (Å²) in [6.07, 6.45) is 7.54. The molecule has 88 valence electrons. The van der Waals surface area contributed by atoms with Gasteiger partial charge in [0.05, 0.1) is 0 Å². The van der Waals surface area contributed by atoms with Gasteiger partial charge in [0, 0.05) is 11.3 Å². The van der Waals surface area contributed by atoms with Crippen LogP contribution in [0.5, 0.6) is 0 Å². The predicted octanol–water partition coefficient (Wildman–Crippen LogP) is 3.90. The van der Waals surface area contributed by atoms with Gasteiger partial charge in [-0.05, 0) is 31.1 Å². The molecule has 1 nitrogen and oxygen atoms in total. The number of hydrogen-bond acceptors (Lipinski definition) is 1. The van der Waals surface area contributed by atoms with E-state index in [1.54, 1.807) is 0 Å². The van der Waals surface area contributed by atoms with Crippen LogP contribution in [-0.2, 0) is 4.79 Å². The zero-order valence-corrected chi connectivity index (χ0v) is 10.7. The van der Waals surface area contributed by atoms with Crippen molar-refractivity contribution >= 4 is 6.29 Å². The van der Waals surface area contributed by atoms with E-state index in [0.29, 0.717) is 11.3 Å². The Bertz CT molecular complexity index is 362. The lowest BCUT2D eigenvalue weighted by Gasteiger charge is -2.49. The molecule has 0 bridgehead atoms. The van der Waals surface area contributed by atoms with Crippen molar-refractivity contribution < 1.29 is 4.79 Å². The summed E-state index contributed by atoms with van der Waals surface area (Å²) in [4.78, 5) is 11.2. The zero-order valence-electron chi connectivity index (χ0n) is 10.7. The molecule has 0 aromatic heterocycles. The molecule has 0 N–H and O–H groups in total. The topological polar surface area (TPSA) is 17.1 Å². The summed E-state index contributed by atoms with van der Waals surface area (Å²) in [5.74, 6) is 0.603. The van der Waals surface area contributed by atoms with Crippen LogP contribution in [-0.4, -0.2) is 6.29 Å². The lowest BCUT2D eigenvalue weighted by Crippen LogP contribution is -2.38. The molecule has 2 aliphatic carbocycles. The van der Waals surface area contributed by atoms with Crippen molar-refractivity contribution in [2.24, 2.45) is 16.7 Å². The average Bonchev–Trinajstić information content (AvgIpc) is 2.22. The smallest absolute Gasteiger partial charge is 0.126 e. The molecule has 0 aliphatic heterocycles. The molecule has 2 unspecified atom stereocenters. The standard InChI is InChI=1S/C15H22O/c1-11-5-7-15(4,10-16)8-6-13-12(11)9-14(13,2)3/h6,10,12H,1,5,7-9H2,2-4H3/b13-6+. The number of allylic oxidation sites excluding steroid dienone is 3. The summed E-state index contributed by atoms with van der Waals surface area (Å²) < 4.78 is 0. The Morgan fingerprint density at radius 1 is 1.44 bits per heavy atom. The fourth-order valence-electron chi connectivity index (χ4n) is 3.03. The monoisotopic (exact) mass is 218 g/mol. The van der Waals surface area contributed by atoms with Crippen LogP contribution in [0.15, 0.2) is 23.8 Å². The number of carbonyl (C=O) groups is 1. The number of fused-ring (bicyclic) bond motifs is 1. The van der Waals surface area contributed by atoms with Gasteiger partial charge < -0.3 is 4.79 Å². The summed E-state index contributed by atoms with van der Waals surface area (Å²) in [7, 11) is 0. The molecule has 0 radical (unpaired) electrons. The maximum absolute atomic E-state index is 11.2. The van der Waals surface area contributed by atoms with Crippen molar-refractivity contribution in [2.45, 2.75) is 46.5 Å². The normalized spacial score (nSPS) is 40.8. The number of carbonyl (C=O) groups excluding carboxylic acids is 1. The second-order valence-electron chi connectivity index (χ2n) is 6.43. The van der Waals surface area contributed by atoms with Crippen LogP contribution in [0.25, 0.3) is 0 Å². The molecule has 1 heteroatoms. The first-order valence-electron chi connectivity index (χ1n) is 6.22. The van der Waals surface area contributed by atoms with E-state index in [9.17, 15) is 4.79 Å². The molecular formula is C15H22O. The molecule has 1 saturated carbocycles. The van der Waals surface area contributed by atoms with Crippen molar-refractivity contribution in [1.82, 2.24) is 0 Å². The molecule has 0 amide bonds. The van der Waals surface area contributed by atoms with Gasteiger partial charge in [-0.3, -0.25) is 0 Å². The summed E-state index contributed by atoms with van der Waals surface area (Å²) in [6.45, 7) is 10.9. The molecule has 0 spiro atoms. The third kappa shape index (κ3) is 1.77. The highest BCUT2D eigenvalue weighted by molar-refractivity contribution is 5.59. The molecule has 0 saturated heterocycles. The van der Waals surface area contributed by atoms with Crippen LogP contribution in [0.2, 0.25) is 0 Å². The maximum atomic E-state index is 11.2. The van der Waals surface area contributed by atoms with Crippen molar-refractivity contribution in [2.75, 3.05) is 0 Å². The van der Waals surface area contributed by atoms with Gasteiger partial charge in [-0.25, -0.2) is 0 Å². The SMILES string of the molecule is C=C1CCC(C)(C=O)C/C=C2\C1CC2(C)C. The summed E-state index contributed by atoms with van der Waals surface area (Å²) in [5, 5.41) is 0. The number of aldehydes is 1. The molecule has 1 fully saturated rings. The van der Waals surface area contributed by atoms with Crippen LogP contribution in [0.4, 0.5) is 0 Å². The first-order chi connectivity index (χ1) is 7.38. The lowest BCUT2D eigenvalue weighted by atomic mass is 9.55. The Balaban J connectivity index is 2.28. The first kappa shape index (κ1) is 11.6. The van der Waals surface area contributed by atoms with Crippen molar-refractivity contribution in [3.05, 3.63) is 23.8 Å². The van der Waals surface area contributed by atoms with E-state index >= 15 is 0 Å². The van der Waals surface area contributed by atoms with Gasteiger partial charge in [-0.2, -0.15) is 0 Å². The van der Waals surface area contributed by atoms with Crippen molar-refractivity contribution in [3.63, 3.8) is 0 Å². The van der Waals surface area contributed by atoms with E-state index in [0.717, 1.165) is 25.5 Å². The Morgan fingerprint density at radius 2 is 2.12 bits per heavy atom. The minimum Gasteiger partial charge on any atom is -0.303 e. The van der Waals surface area contributed by atoms with Gasteiger partial charge in [0.25, 0.3) is 0 Å². The van der Waals surface area contributed by atoms with Crippen molar-refractivity contribution in [1.29, 1.82) is 0 Å². The predicted molar refractivity (Wildman–Crippen MR) is 67.1 cm³/mol. The Hall–Kier alpha value is -0.850. The van der Waals surface area contributed by atoms with E-state index < -0.39 is 0 Å². The quantitative estimate of drug-likeness (QED) is 0.482. The lowest BCUT2D eigenvalue weighted by molar-refractivity contribution is -0.115. The van der Waals surface area contributed by atoms with Crippen LogP contribution < -0.4 is 0 Å². The van der Waals surface area contributed by atoms with Crippen LogP contribution >= 0.6 is 0 Å². The van der Waals surface area contributed by atoms with Gasteiger partial charge in [0.2, 0.25) is 0 Å². The Labute approximate surface area is 98.6 Å². The second kappa shape index (κ2) is 3.58. The molecular weight excluding hydrogens is 196 g/mol. The Morgan fingerprint density at radius 3 is 2.69 bits per heavy atom. The third-order valence-electron chi connectivity index (χ3n) is 4.45. The van der Waals surface area contributed by atoms with Gasteiger partial charge in [-0.15, -0.1) is 0 Å². The van der Waals surface area contributed by atoms with E-state index in [4.69, 9.17) is 0 Å². The minimum atomic E-state index is -0.174. The fraction of sp³-hybridized carbons (Fsp3) is 0.667. The van der Waals surface area contributed by atoms with Crippen LogP contribution in [0.3, 0.4) is 0 Å². The van der Waals surface area contributed by atoms with Gasteiger partial charge in [0.15, 0.2) is 0 Å². The van der Waals surface area contributed by atoms with Crippen molar-refractivity contribution in [3.8, 4) is 0 Å². The number of hydrogen-bond donors (Lipinski definition) is 0. The molecule has 0 aromatic carbocycles. The van der Waals surface area contributed by atoms with Crippen LogP contribution in [0, 0.1) is 16.7 Å². The van der Waals surface area contributed by atoms with Crippen LogP contribution in [0.1, 0.15) is 46.5 Å². The maximum Gasteiger partial charge on any atom is 0.126 e. The average molecular weight is 218 g/mol. The largest absolute Gasteiger partial charge is 0.303 e. The minimum absolute atomic E-state index is 0.174. The molecule has 2 atom stereocenters. The molecule has 16 heavy (non-hydrogen) atoms. The van der Waals surface area contributed by atoms with E-state index in [-0.39, 0.29) is 5.41 Å². The molecule has 2 aliphatic rings. The first-order valence-corrected chi connectivity index (χ1v) is 6.22. The molecule has 0 heterocycles. The zero-order chi connectivity index (χ0) is 12.0. The summed E-state index contributed by atoms with van der Waals surface area (Å²) in [6, 6.07) is 0. The van der Waals surface area contributed by atoms with E-state index in [1.807, 2.05) is 0 Å². The van der Waals surface area contributed by atoms with Gasteiger partial charge in [0.1, 0.15) is 6.29 Å². The van der Waals surface area contributed by atoms with E-state index in [1.165, 1.54) is 17.6 Å². The van der Waals surface area contributed by atoms with Gasteiger partial charge >= 0.3 is 0 Å². The highest BCUT2D eigenvalue weighted by Gasteiger charge is 2.44. The summed E-state index contributed by atoms with van der Waals surface area (Å²) in [5.41, 5.74) is 3.00. The van der Waals surface area contributed by atoms with E-state index in [2.05, 4.69) is 33.4 Å². The second-order valence-corrected chi connectivity index (χ2v) is 6.43.